The number of nitro groups is 1. The van der Waals surface area contributed by atoms with Crippen LogP contribution in [0.5, 0.6) is 0 Å². The predicted molar refractivity (Wildman–Crippen MR) is 89.4 cm³/mol. The van der Waals surface area contributed by atoms with E-state index in [9.17, 15) is 14.9 Å². The van der Waals surface area contributed by atoms with Crippen LogP contribution in [-0.2, 0) is 4.79 Å². The van der Waals surface area contributed by atoms with Crippen molar-refractivity contribution in [2.75, 3.05) is 25.4 Å². The highest BCUT2D eigenvalue weighted by molar-refractivity contribution is 8.00. The zero-order valence-electron chi connectivity index (χ0n) is 12.1. The van der Waals surface area contributed by atoms with Gasteiger partial charge >= 0.3 is 0 Å². The average molecular weight is 346 g/mol. The minimum Gasteiger partial charge on any atom is -0.342 e. The smallest absolute Gasteiger partial charge is 0.269 e. The predicted octanol–water partition coefficient (Wildman–Crippen LogP) is 2.31. The van der Waals surface area contributed by atoms with Crippen LogP contribution in [0.1, 0.15) is 12.8 Å². The third-order valence-electron chi connectivity index (χ3n) is 3.71. The van der Waals surface area contributed by atoms with Gasteiger partial charge in [-0.25, -0.2) is 0 Å². The molecule has 2 N–H and O–H groups in total. The lowest BCUT2D eigenvalue weighted by molar-refractivity contribution is -0.384. The molecule has 0 saturated carbocycles. The first kappa shape index (κ1) is 18.7. The summed E-state index contributed by atoms with van der Waals surface area (Å²) in [6.45, 7) is 2.25. The Morgan fingerprint density at radius 3 is 2.41 bits per heavy atom. The molecule has 0 aliphatic carbocycles. The normalized spacial score (nSPS) is 15.2. The van der Waals surface area contributed by atoms with E-state index in [0.29, 0.717) is 18.2 Å². The Kier molecular flexibility index (Phi) is 7.64. The molecule has 1 amide bonds. The van der Waals surface area contributed by atoms with Crippen LogP contribution in [0.2, 0.25) is 0 Å². The van der Waals surface area contributed by atoms with E-state index in [1.807, 2.05) is 4.90 Å². The molecule has 22 heavy (non-hydrogen) atoms. The second kappa shape index (κ2) is 8.97. The van der Waals surface area contributed by atoms with E-state index in [1.165, 1.54) is 23.9 Å². The summed E-state index contributed by atoms with van der Waals surface area (Å²) in [5.74, 6) is 1.02. The van der Waals surface area contributed by atoms with Crippen molar-refractivity contribution in [2.24, 2.45) is 11.7 Å². The van der Waals surface area contributed by atoms with Crippen LogP contribution in [0.25, 0.3) is 0 Å². The topological polar surface area (TPSA) is 89.5 Å². The van der Waals surface area contributed by atoms with Crippen LogP contribution in [0.4, 0.5) is 5.69 Å². The van der Waals surface area contributed by atoms with Crippen molar-refractivity contribution >= 4 is 35.8 Å². The summed E-state index contributed by atoms with van der Waals surface area (Å²) < 4.78 is 0. The molecule has 0 spiro atoms. The number of non-ortho nitro benzene ring substituents is 1. The monoisotopic (exact) mass is 345 g/mol. The van der Waals surface area contributed by atoms with Crippen LogP contribution in [0.3, 0.4) is 0 Å². The molecule has 1 saturated heterocycles. The number of carbonyl (C=O) groups is 1. The highest BCUT2D eigenvalue weighted by Crippen LogP contribution is 2.23. The number of halogens is 1. The summed E-state index contributed by atoms with van der Waals surface area (Å²) in [5, 5.41) is 10.6. The fraction of sp³-hybridized carbons (Fsp3) is 0.500. The summed E-state index contributed by atoms with van der Waals surface area (Å²) in [4.78, 5) is 25.0. The number of hydrogen-bond donors (Lipinski definition) is 1. The van der Waals surface area contributed by atoms with Crippen molar-refractivity contribution in [1.29, 1.82) is 0 Å². The molecule has 0 bridgehead atoms. The zero-order valence-corrected chi connectivity index (χ0v) is 13.8. The molecule has 0 unspecified atom stereocenters. The van der Waals surface area contributed by atoms with E-state index in [-0.39, 0.29) is 24.0 Å². The van der Waals surface area contributed by atoms with E-state index in [0.717, 1.165) is 30.8 Å². The number of rotatable bonds is 5. The van der Waals surface area contributed by atoms with Crippen molar-refractivity contribution in [3.8, 4) is 0 Å². The van der Waals surface area contributed by atoms with Crippen molar-refractivity contribution in [3.05, 3.63) is 34.4 Å². The number of thioether (sulfide) groups is 1. The number of nitrogens with two attached hydrogens (primary N) is 1. The molecule has 8 heteroatoms. The van der Waals surface area contributed by atoms with Gasteiger partial charge in [0.2, 0.25) is 5.91 Å². The van der Waals surface area contributed by atoms with Gasteiger partial charge < -0.3 is 10.6 Å². The first-order valence-electron chi connectivity index (χ1n) is 6.95. The molecule has 1 aliphatic heterocycles. The minimum atomic E-state index is -0.429. The van der Waals surface area contributed by atoms with Gasteiger partial charge in [-0.1, -0.05) is 0 Å². The minimum absolute atomic E-state index is 0. The quantitative estimate of drug-likeness (QED) is 0.502. The van der Waals surface area contributed by atoms with E-state index in [4.69, 9.17) is 5.73 Å². The first-order chi connectivity index (χ1) is 10.1. The Bertz CT molecular complexity index is 505. The lowest BCUT2D eigenvalue weighted by Gasteiger charge is -2.31. The van der Waals surface area contributed by atoms with Gasteiger partial charge in [-0.15, -0.1) is 24.2 Å². The number of nitro benzene ring substituents is 1. The van der Waals surface area contributed by atoms with Crippen molar-refractivity contribution in [1.82, 2.24) is 4.90 Å². The molecule has 2 rings (SSSR count). The molecule has 0 atom stereocenters. The number of likely N-dealkylation sites (tertiary alicyclic amines) is 1. The Hall–Kier alpha value is -1.31. The third kappa shape index (κ3) is 5.15. The molecule has 6 nitrogen and oxygen atoms in total. The largest absolute Gasteiger partial charge is 0.342 e. The van der Waals surface area contributed by atoms with Crippen molar-refractivity contribution < 1.29 is 9.72 Å². The molecule has 0 aromatic heterocycles. The van der Waals surface area contributed by atoms with Gasteiger partial charge in [-0.05, 0) is 37.4 Å². The van der Waals surface area contributed by atoms with Gasteiger partial charge in [0, 0.05) is 30.1 Å². The standard InChI is InChI=1S/C14H19N3O3S.ClH/c15-9-11-5-7-16(8-6-11)14(18)10-21-13-3-1-12(2-4-13)17(19)20;/h1-4,11H,5-10,15H2;1H. The highest BCUT2D eigenvalue weighted by atomic mass is 35.5. The SMILES string of the molecule is Cl.NCC1CCN(C(=O)CSc2ccc([N+](=O)[O-])cc2)CC1. The van der Waals surface area contributed by atoms with E-state index in [1.54, 1.807) is 12.1 Å². The van der Waals surface area contributed by atoms with Gasteiger partial charge in [0.15, 0.2) is 0 Å². The van der Waals surface area contributed by atoms with Crippen molar-refractivity contribution in [3.63, 3.8) is 0 Å². The van der Waals surface area contributed by atoms with E-state index in [2.05, 4.69) is 0 Å². The Balaban J connectivity index is 0.00000242. The van der Waals surface area contributed by atoms with E-state index >= 15 is 0 Å². The number of hydrogen-bond acceptors (Lipinski definition) is 5. The van der Waals surface area contributed by atoms with Crippen LogP contribution in [-0.4, -0.2) is 41.1 Å². The Morgan fingerprint density at radius 1 is 1.32 bits per heavy atom. The maximum absolute atomic E-state index is 12.1. The highest BCUT2D eigenvalue weighted by Gasteiger charge is 2.21. The van der Waals surface area contributed by atoms with Gasteiger partial charge in [0.05, 0.1) is 10.7 Å². The number of amides is 1. The van der Waals surface area contributed by atoms with Crippen LogP contribution < -0.4 is 5.73 Å². The molecular formula is C14H20ClN3O3S. The lowest BCUT2D eigenvalue weighted by Crippen LogP contribution is -2.40. The van der Waals surface area contributed by atoms with E-state index < -0.39 is 4.92 Å². The molecule has 122 valence electrons. The maximum Gasteiger partial charge on any atom is 0.269 e. The maximum atomic E-state index is 12.1. The van der Waals surface area contributed by atoms with Crippen LogP contribution >= 0.6 is 24.2 Å². The Morgan fingerprint density at radius 2 is 1.91 bits per heavy atom. The van der Waals surface area contributed by atoms with Crippen LogP contribution in [0, 0.1) is 16.0 Å². The molecule has 1 aromatic carbocycles. The summed E-state index contributed by atoms with van der Waals surface area (Å²) in [7, 11) is 0. The Labute approximate surface area is 140 Å². The lowest BCUT2D eigenvalue weighted by atomic mass is 9.97. The molecule has 0 radical (unpaired) electrons. The van der Waals surface area contributed by atoms with Crippen LogP contribution in [0.15, 0.2) is 29.2 Å². The van der Waals surface area contributed by atoms with Gasteiger partial charge in [-0.2, -0.15) is 0 Å². The third-order valence-corrected chi connectivity index (χ3v) is 4.71. The van der Waals surface area contributed by atoms with Gasteiger partial charge in [-0.3, -0.25) is 14.9 Å². The molecule has 1 aromatic rings. The number of benzene rings is 1. The number of nitrogens with zero attached hydrogens (tertiary/aromatic N) is 2. The molecule has 1 heterocycles. The second-order valence-corrected chi connectivity index (χ2v) is 6.15. The van der Waals surface area contributed by atoms with Crippen molar-refractivity contribution in [2.45, 2.75) is 17.7 Å². The second-order valence-electron chi connectivity index (χ2n) is 5.10. The summed E-state index contributed by atoms with van der Waals surface area (Å²) in [5.41, 5.74) is 5.70. The van der Waals surface area contributed by atoms with Gasteiger partial charge in [0.1, 0.15) is 0 Å². The molecular weight excluding hydrogens is 326 g/mol. The van der Waals surface area contributed by atoms with Gasteiger partial charge in [0.25, 0.3) is 5.69 Å². The number of carbonyl (C=O) groups excluding carboxylic acids is 1. The zero-order chi connectivity index (χ0) is 15.2. The fourth-order valence-electron chi connectivity index (χ4n) is 2.32. The molecule has 1 aliphatic rings. The first-order valence-corrected chi connectivity index (χ1v) is 7.94. The summed E-state index contributed by atoms with van der Waals surface area (Å²) >= 11 is 1.41. The number of piperidine rings is 1. The molecule has 1 fully saturated rings. The fourth-order valence-corrected chi connectivity index (χ4v) is 3.12. The summed E-state index contributed by atoms with van der Waals surface area (Å²) in [6, 6.07) is 6.27. The average Bonchev–Trinajstić information content (AvgIpc) is 2.53. The summed E-state index contributed by atoms with van der Waals surface area (Å²) in [6.07, 6.45) is 1.95.